The molecular formula is C14H17BrO5. The molecule has 1 N–H and O–H groups in total. The summed E-state index contributed by atoms with van der Waals surface area (Å²) in [5.41, 5.74) is 0.248. The Bertz CT molecular complexity index is 502. The molecule has 0 saturated carbocycles. The summed E-state index contributed by atoms with van der Waals surface area (Å²) in [5, 5.41) is 9.42. The van der Waals surface area contributed by atoms with Gasteiger partial charge in [0.2, 0.25) is 4.32 Å². The van der Waals surface area contributed by atoms with Crippen LogP contribution in [0, 0.1) is 0 Å². The molecule has 1 aromatic rings. The van der Waals surface area contributed by atoms with Crippen LogP contribution in [-0.2, 0) is 18.7 Å². The highest BCUT2D eigenvalue weighted by Gasteiger charge is 2.48. The summed E-state index contributed by atoms with van der Waals surface area (Å²) < 4.78 is 8.25. The van der Waals surface area contributed by atoms with Gasteiger partial charge in [0.05, 0.1) is 13.2 Å². The molecule has 0 fully saturated rings. The average Bonchev–Trinajstić information content (AvgIpc) is 2.45. The predicted molar refractivity (Wildman–Crippen MR) is 77.1 cm³/mol. The molecule has 6 heteroatoms. The van der Waals surface area contributed by atoms with E-state index in [2.05, 4.69) is 15.9 Å². The summed E-state index contributed by atoms with van der Waals surface area (Å²) in [6.45, 7) is 3.55. The Labute approximate surface area is 126 Å². The van der Waals surface area contributed by atoms with Crippen molar-refractivity contribution in [2.45, 2.75) is 30.7 Å². The van der Waals surface area contributed by atoms with Crippen molar-refractivity contribution in [2.24, 2.45) is 0 Å². The van der Waals surface area contributed by atoms with E-state index >= 15 is 0 Å². The fraction of sp³-hybridized carbons (Fsp3) is 0.429. The molecule has 0 bridgehead atoms. The van der Waals surface area contributed by atoms with Crippen LogP contribution in [0.25, 0.3) is 0 Å². The first-order chi connectivity index (χ1) is 9.36. The largest absolute Gasteiger partial charge is 0.497 e. The highest BCUT2D eigenvalue weighted by Crippen LogP contribution is 2.35. The number of hydrogen-bond acceptors (Lipinski definition) is 4. The minimum absolute atomic E-state index is 0.248. The molecule has 2 atom stereocenters. The van der Waals surface area contributed by atoms with Gasteiger partial charge in [0.25, 0.3) is 0 Å². The summed E-state index contributed by atoms with van der Waals surface area (Å²) in [6.07, 6.45) is 0.247. The van der Waals surface area contributed by atoms with E-state index < -0.39 is 16.3 Å². The van der Waals surface area contributed by atoms with Crippen LogP contribution in [0.15, 0.2) is 24.3 Å². The van der Waals surface area contributed by atoms with Gasteiger partial charge in [-0.3, -0.25) is 0 Å². The maximum atomic E-state index is 12.2. The van der Waals surface area contributed by atoms with Gasteiger partial charge < -0.3 is 14.6 Å². The van der Waals surface area contributed by atoms with Crippen LogP contribution < -0.4 is 4.74 Å². The minimum atomic E-state index is -1.94. The molecule has 2 unspecified atom stereocenters. The number of esters is 1. The number of carbonyl (C=O) groups excluding carboxylic acids is 1. The topological polar surface area (TPSA) is 72.8 Å². The van der Waals surface area contributed by atoms with Crippen LogP contribution in [0.1, 0.15) is 25.8 Å². The number of carboxylic acids is 1. The smallest absolute Gasteiger partial charge is 0.339 e. The van der Waals surface area contributed by atoms with Crippen molar-refractivity contribution in [3.8, 4) is 5.75 Å². The molecule has 0 amide bonds. The van der Waals surface area contributed by atoms with E-state index in [0.29, 0.717) is 12.2 Å². The van der Waals surface area contributed by atoms with Crippen molar-refractivity contribution in [3.05, 3.63) is 29.8 Å². The van der Waals surface area contributed by atoms with Crippen molar-refractivity contribution < 1.29 is 24.2 Å². The number of alkyl halides is 1. The Balaban J connectivity index is 3.20. The zero-order chi connectivity index (χ0) is 15.3. The third-order valence-electron chi connectivity index (χ3n) is 2.93. The van der Waals surface area contributed by atoms with E-state index in [1.807, 2.05) is 6.92 Å². The second-order valence-electron chi connectivity index (χ2n) is 4.32. The van der Waals surface area contributed by atoms with Crippen molar-refractivity contribution in [2.75, 3.05) is 7.11 Å². The van der Waals surface area contributed by atoms with Gasteiger partial charge in [0.1, 0.15) is 5.75 Å². The van der Waals surface area contributed by atoms with Crippen molar-refractivity contribution in [1.82, 2.24) is 0 Å². The summed E-state index contributed by atoms with van der Waals surface area (Å²) in [6, 6.07) is 6.30. The zero-order valence-corrected chi connectivity index (χ0v) is 13.1. The number of ether oxygens (including phenoxy) is 2. The van der Waals surface area contributed by atoms with E-state index in [9.17, 15) is 14.7 Å². The lowest BCUT2D eigenvalue weighted by molar-refractivity contribution is -0.159. The lowest BCUT2D eigenvalue weighted by Gasteiger charge is -2.23. The zero-order valence-electron chi connectivity index (χ0n) is 11.6. The van der Waals surface area contributed by atoms with Crippen LogP contribution in [0.5, 0.6) is 5.75 Å². The number of aliphatic carboxylic acids is 1. The van der Waals surface area contributed by atoms with Crippen LogP contribution >= 0.6 is 15.9 Å². The van der Waals surface area contributed by atoms with Crippen LogP contribution in [0.4, 0.5) is 0 Å². The monoisotopic (exact) mass is 344 g/mol. The summed E-state index contributed by atoms with van der Waals surface area (Å²) in [7, 11) is 1.47. The third-order valence-corrected chi connectivity index (χ3v) is 4.05. The quantitative estimate of drug-likeness (QED) is 0.488. The van der Waals surface area contributed by atoms with Crippen molar-refractivity contribution in [3.63, 3.8) is 0 Å². The summed E-state index contributed by atoms with van der Waals surface area (Å²) in [4.78, 5) is 23.7. The highest BCUT2D eigenvalue weighted by atomic mass is 79.9. The summed E-state index contributed by atoms with van der Waals surface area (Å²) in [5.74, 6) is -1.73. The van der Waals surface area contributed by atoms with Gasteiger partial charge in [0, 0.05) is 0 Å². The second kappa shape index (κ2) is 6.74. The molecule has 0 spiro atoms. The molecule has 20 heavy (non-hydrogen) atoms. The first-order valence-corrected chi connectivity index (χ1v) is 6.93. The molecule has 5 nitrogen and oxygen atoms in total. The van der Waals surface area contributed by atoms with Gasteiger partial charge in [-0.15, -0.1) is 0 Å². The number of methoxy groups -OCH3 is 1. The van der Waals surface area contributed by atoms with E-state index in [1.54, 1.807) is 19.1 Å². The van der Waals surface area contributed by atoms with Gasteiger partial charge in [-0.05, 0) is 31.0 Å². The molecular weight excluding hydrogens is 328 g/mol. The van der Waals surface area contributed by atoms with Crippen LogP contribution in [0.3, 0.4) is 0 Å². The Morgan fingerprint density at radius 1 is 1.45 bits per heavy atom. The molecule has 0 heterocycles. The van der Waals surface area contributed by atoms with Crippen molar-refractivity contribution >= 4 is 27.9 Å². The standard InChI is InChI=1S/C14H17BrO5/c1-4-9(2)20-13(18)14(15,12(16)17)10-6-5-7-11(8-10)19-3/h5-9H,4H2,1-3H3,(H,16,17). The number of rotatable bonds is 6. The average molecular weight is 345 g/mol. The number of carboxylic acid groups (broad SMARTS) is 1. The Kier molecular flexibility index (Phi) is 5.56. The first kappa shape index (κ1) is 16.5. The van der Waals surface area contributed by atoms with E-state index in [1.165, 1.54) is 19.2 Å². The molecule has 0 radical (unpaired) electrons. The lowest BCUT2D eigenvalue weighted by atomic mass is 9.98. The second-order valence-corrected chi connectivity index (χ2v) is 5.51. The molecule has 0 saturated heterocycles. The maximum absolute atomic E-state index is 12.2. The van der Waals surface area contributed by atoms with E-state index in [-0.39, 0.29) is 11.7 Å². The number of hydrogen-bond donors (Lipinski definition) is 1. The Hall–Kier alpha value is -1.56. The Morgan fingerprint density at radius 2 is 2.10 bits per heavy atom. The molecule has 1 aromatic carbocycles. The first-order valence-electron chi connectivity index (χ1n) is 6.14. The molecule has 110 valence electrons. The van der Waals surface area contributed by atoms with E-state index in [0.717, 1.165) is 0 Å². The fourth-order valence-electron chi connectivity index (χ4n) is 1.51. The molecule has 0 aliphatic heterocycles. The maximum Gasteiger partial charge on any atom is 0.339 e. The van der Waals surface area contributed by atoms with Crippen LogP contribution in [-0.4, -0.2) is 30.3 Å². The molecule has 1 rings (SSSR count). The third kappa shape index (κ3) is 3.30. The molecule has 0 aromatic heterocycles. The number of benzene rings is 1. The van der Waals surface area contributed by atoms with Gasteiger partial charge in [0.15, 0.2) is 0 Å². The summed E-state index contributed by atoms with van der Waals surface area (Å²) >= 11 is 3.01. The van der Waals surface area contributed by atoms with Crippen molar-refractivity contribution in [1.29, 1.82) is 0 Å². The van der Waals surface area contributed by atoms with Crippen LogP contribution in [0.2, 0.25) is 0 Å². The SMILES string of the molecule is CCC(C)OC(=O)C(Br)(C(=O)O)c1cccc(OC)c1. The highest BCUT2D eigenvalue weighted by molar-refractivity contribution is 9.10. The Morgan fingerprint density at radius 3 is 2.60 bits per heavy atom. The van der Waals surface area contributed by atoms with Gasteiger partial charge in [-0.1, -0.05) is 35.0 Å². The van der Waals surface area contributed by atoms with Gasteiger partial charge in [-0.2, -0.15) is 0 Å². The fourth-order valence-corrected chi connectivity index (χ4v) is 1.85. The van der Waals surface area contributed by atoms with E-state index in [4.69, 9.17) is 9.47 Å². The van der Waals surface area contributed by atoms with Gasteiger partial charge >= 0.3 is 11.9 Å². The molecule has 0 aliphatic carbocycles. The van der Waals surface area contributed by atoms with Gasteiger partial charge in [-0.25, -0.2) is 9.59 Å². The predicted octanol–water partition coefficient (Wildman–Crippen LogP) is 2.71. The number of halogens is 1. The minimum Gasteiger partial charge on any atom is -0.497 e. The normalized spacial score (nSPS) is 15.0. The lowest BCUT2D eigenvalue weighted by Crippen LogP contribution is -2.40. The number of carbonyl (C=O) groups is 2. The molecule has 0 aliphatic rings.